The fraction of sp³-hybridized carbons (Fsp3) is 0.429. The molecule has 3 rings (SSSR count). The molecule has 1 N–H and O–H groups in total. The lowest BCUT2D eigenvalue weighted by molar-refractivity contribution is -0.124. The summed E-state index contributed by atoms with van der Waals surface area (Å²) in [6.45, 7) is 5.66. The highest BCUT2D eigenvalue weighted by molar-refractivity contribution is 5.93. The lowest BCUT2D eigenvalue weighted by Gasteiger charge is -2.12. The third-order valence-corrected chi connectivity index (χ3v) is 4.97. The number of hydrogen-bond donors (Lipinski definition) is 1. The molecule has 1 amide bonds. The maximum Gasteiger partial charge on any atom is 0.340 e. The molecule has 0 saturated heterocycles. The highest BCUT2D eigenvalue weighted by Crippen LogP contribution is 2.22. The summed E-state index contributed by atoms with van der Waals surface area (Å²) in [6.07, 6.45) is 4.32. The number of esters is 1. The van der Waals surface area contributed by atoms with Crippen molar-refractivity contribution in [3.8, 4) is 5.69 Å². The van der Waals surface area contributed by atoms with E-state index < -0.39 is 5.97 Å². The van der Waals surface area contributed by atoms with Crippen LogP contribution in [0.25, 0.3) is 5.69 Å². The summed E-state index contributed by atoms with van der Waals surface area (Å²) < 4.78 is 7.27. The molecule has 0 spiro atoms. The van der Waals surface area contributed by atoms with Gasteiger partial charge in [0.05, 0.1) is 5.56 Å². The molecule has 1 aliphatic rings. The van der Waals surface area contributed by atoms with E-state index in [0.29, 0.717) is 5.56 Å². The van der Waals surface area contributed by atoms with Crippen molar-refractivity contribution in [3.63, 3.8) is 0 Å². The average Bonchev–Trinajstić information content (AvgIpc) is 3.20. The zero-order valence-electron chi connectivity index (χ0n) is 15.7. The van der Waals surface area contributed by atoms with Gasteiger partial charge in [-0.25, -0.2) is 4.79 Å². The second-order valence-corrected chi connectivity index (χ2v) is 7.08. The van der Waals surface area contributed by atoms with Crippen molar-refractivity contribution >= 4 is 11.9 Å². The van der Waals surface area contributed by atoms with Crippen LogP contribution in [0.1, 0.15) is 53.0 Å². The van der Waals surface area contributed by atoms with E-state index in [2.05, 4.69) is 11.4 Å². The van der Waals surface area contributed by atoms with Crippen molar-refractivity contribution < 1.29 is 14.3 Å². The zero-order chi connectivity index (χ0) is 18.7. The molecule has 5 nitrogen and oxygen atoms in total. The standard InChI is InChI=1S/C21H26N2O3/c1-14-7-6-10-18(11-14)23-15(2)12-19(16(23)3)21(25)26-13-20(24)22-17-8-4-5-9-17/h6-7,10-12,17H,4-5,8-9,13H2,1-3H3,(H,22,24). The summed E-state index contributed by atoms with van der Waals surface area (Å²) in [4.78, 5) is 24.4. The molecule has 1 fully saturated rings. The van der Waals surface area contributed by atoms with Gasteiger partial charge in [0.1, 0.15) is 0 Å². The third kappa shape index (κ3) is 3.98. The molecule has 1 heterocycles. The predicted molar refractivity (Wildman–Crippen MR) is 101 cm³/mol. The van der Waals surface area contributed by atoms with Gasteiger partial charge >= 0.3 is 5.97 Å². The maximum absolute atomic E-state index is 12.5. The average molecular weight is 354 g/mol. The van der Waals surface area contributed by atoms with Crippen LogP contribution in [0, 0.1) is 20.8 Å². The van der Waals surface area contributed by atoms with E-state index in [1.165, 1.54) is 0 Å². The summed E-state index contributed by atoms with van der Waals surface area (Å²) in [5.74, 6) is -0.684. The molecule has 1 saturated carbocycles. The Hall–Kier alpha value is -2.56. The Kier molecular flexibility index (Phi) is 5.45. The van der Waals surface area contributed by atoms with Crippen molar-refractivity contribution in [2.75, 3.05) is 6.61 Å². The predicted octanol–water partition coefficient (Wildman–Crippen LogP) is 3.62. The molecule has 0 radical (unpaired) electrons. The van der Waals surface area contributed by atoms with E-state index in [1.54, 1.807) is 0 Å². The first-order valence-electron chi connectivity index (χ1n) is 9.18. The number of carbonyl (C=O) groups is 2. The maximum atomic E-state index is 12.5. The number of carbonyl (C=O) groups excluding carboxylic acids is 2. The number of aromatic nitrogens is 1. The van der Waals surface area contributed by atoms with E-state index in [4.69, 9.17) is 4.74 Å². The van der Waals surface area contributed by atoms with E-state index in [-0.39, 0.29) is 18.6 Å². The van der Waals surface area contributed by atoms with Crippen LogP contribution >= 0.6 is 0 Å². The number of rotatable bonds is 5. The first-order valence-corrected chi connectivity index (χ1v) is 9.18. The fourth-order valence-electron chi connectivity index (χ4n) is 3.68. The van der Waals surface area contributed by atoms with Gasteiger partial charge in [0, 0.05) is 23.1 Å². The number of ether oxygens (including phenoxy) is 1. The summed E-state index contributed by atoms with van der Waals surface area (Å²) >= 11 is 0. The second-order valence-electron chi connectivity index (χ2n) is 7.08. The van der Waals surface area contributed by atoms with Gasteiger partial charge in [0.15, 0.2) is 6.61 Å². The number of aryl methyl sites for hydroxylation is 2. The molecule has 1 aliphatic carbocycles. The third-order valence-electron chi connectivity index (χ3n) is 4.97. The lowest BCUT2D eigenvalue weighted by atomic mass is 10.2. The topological polar surface area (TPSA) is 60.3 Å². The Balaban J connectivity index is 1.68. The van der Waals surface area contributed by atoms with Crippen LogP contribution in [0.3, 0.4) is 0 Å². The van der Waals surface area contributed by atoms with Gasteiger partial charge in [-0.1, -0.05) is 25.0 Å². The Labute approximate surface area is 154 Å². The molecule has 26 heavy (non-hydrogen) atoms. The summed E-state index contributed by atoms with van der Waals surface area (Å²) in [7, 11) is 0. The van der Waals surface area contributed by atoms with Gasteiger partial charge in [-0.15, -0.1) is 0 Å². The van der Waals surface area contributed by atoms with Crippen LogP contribution in [0.15, 0.2) is 30.3 Å². The second kappa shape index (κ2) is 7.77. The Morgan fingerprint density at radius 2 is 1.88 bits per heavy atom. The number of amides is 1. The van der Waals surface area contributed by atoms with E-state index >= 15 is 0 Å². The monoisotopic (exact) mass is 354 g/mol. The van der Waals surface area contributed by atoms with Crippen molar-refractivity contribution in [1.29, 1.82) is 0 Å². The largest absolute Gasteiger partial charge is 0.452 e. The van der Waals surface area contributed by atoms with Crippen LogP contribution in [0.5, 0.6) is 0 Å². The molecular formula is C21H26N2O3. The number of nitrogens with one attached hydrogen (secondary N) is 1. The van der Waals surface area contributed by atoms with Crippen LogP contribution in [0.2, 0.25) is 0 Å². The molecule has 2 aromatic rings. The smallest absolute Gasteiger partial charge is 0.340 e. The van der Waals surface area contributed by atoms with Gasteiger partial charge in [0.2, 0.25) is 0 Å². The summed E-state index contributed by atoms with van der Waals surface area (Å²) in [5.41, 5.74) is 4.43. The van der Waals surface area contributed by atoms with Crippen LogP contribution in [-0.4, -0.2) is 29.1 Å². The Morgan fingerprint density at radius 1 is 1.15 bits per heavy atom. The molecule has 0 aliphatic heterocycles. The van der Waals surface area contributed by atoms with Crippen LogP contribution in [0.4, 0.5) is 0 Å². The molecule has 5 heteroatoms. The van der Waals surface area contributed by atoms with Crippen LogP contribution in [-0.2, 0) is 9.53 Å². The first kappa shape index (κ1) is 18.2. The van der Waals surface area contributed by atoms with E-state index in [0.717, 1.165) is 48.3 Å². The van der Waals surface area contributed by atoms with Crippen molar-refractivity contribution in [2.24, 2.45) is 0 Å². The van der Waals surface area contributed by atoms with Crippen LogP contribution < -0.4 is 5.32 Å². The molecule has 0 atom stereocenters. The summed E-state index contributed by atoms with van der Waals surface area (Å²) in [5, 5.41) is 2.93. The van der Waals surface area contributed by atoms with Gasteiger partial charge < -0.3 is 14.6 Å². The number of hydrogen-bond acceptors (Lipinski definition) is 3. The fourth-order valence-corrected chi connectivity index (χ4v) is 3.68. The normalized spacial score (nSPS) is 14.4. The van der Waals surface area contributed by atoms with Crippen molar-refractivity contribution in [1.82, 2.24) is 9.88 Å². The van der Waals surface area contributed by atoms with Crippen molar-refractivity contribution in [2.45, 2.75) is 52.5 Å². The Bertz CT molecular complexity index is 817. The molecule has 1 aromatic heterocycles. The summed E-state index contributed by atoms with van der Waals surface area (Å²) in [6, 6.07) is 10.2. The van der Waals surface area contributed by atoms with Crippen molar-refractivity contribution in [3.05, 3.63) is 52.8 Å². The highest BCUT2D eigenvalue weighted by Gasteiger charge is 2.21. The SMILES string of the molecule is Cc1cccc(-n2c(C)cc(C(=O)OCC(=O)NC3CCCC3)c2C)c1. The minimum absolute atomic E-state index is 0.224. The Morgan fingerprint density at radius 3 is 2.58 bits per heavy atom. The first-order chi connectivity index (χ1) is 12.5. The van der Waals surface area contributed by atoms with E-state index in [1.807, 2.05) is 49.6 Å². The number of nitrogens with zero attached hydrogens (tertiary/aromatic N) is 1. The minimum atomic E-state index is -0.460. The van der Waals surface area contributed by atoms with E-state index in [9.17, 15) is 9.59 Å². The quantitative estimate of drug-likeness (QED) is 0.834. The van der Waals surface area contributed by atoms with Gasteiger partial charge in [-0.3, -0.25) is 4.79 Å². The molecule has 0 unspecified atom stereocenters. The lowest BCUT2D eigenvalue weighted by Crippen LogP contribution is -2.35. The zero-order valence-corrected chi connectivity index (χ0v) is 15.7. The number of benzene rings is 1. The molecule has 0 bridgehead atoms. The minimum Gasteiger partial charge on any atom is -0.452 e. The van der Waals surface area contributed by atoms with Gasteiger partial charge in [-0.2, -0.15) is 0 Å². The molecular weight excluding hydrogens is 328 g/mol. The molecule has 1 aromatic carbocycles. The van der Waals surface area contributed by atoms with Gasteiger partial charge in [-0.05, 0) is 57.4 Å². The highest BCUT2D eigenvalue weighted by atomic mass is 16.5. The molecule has 138 valence electrons. The van der Waals surface area contributed by atoms with Gasteiger partial charge in [0.25, 0.3) is 5.91 Å².